The van der Waals surface area contributed by atoms with Crippen LogP contribution in [0.2, 0.25) is 0 Å². The Kier molecular flexibility index (Phi) is 4.59. The molecule has 0 bridgehead atoms. The first kappa shape index (κ1) is 12.0. The zero-order chi connectivity index (χ0) is 11.3. The van der Waals surface area contributed by atoms with Crippen LogP contribution in [0.4, 0.5) is 0 Å². The van der Waals surface area contributed by atoms with Gasteiger partial charge in [-0.05, 0) is 37.5 Å². The van der Waals surface area contributed by atoms with Gasteiger partial charge in [0, 0.05) is 0 Å². The topological polar surface area (TPSA) is 49.7 Å². The van der Waals surface area contributed by atoms with E-state index in [0.717, 1.165) is 17.7 Å². The monoisotopic (exact) mass is 210 g/mol. The van der Waals surface area contributed by atoms with Gasteiger partial charge in [-0.25, -0.2) is 0 Å². The summed E-state index contributed by atoms with van der Waals surface area (Å²) < 4.78 is 5.04. The molecule has 0 aliphatic rings. The molecule has 1 aromatic carbocycles. The van der Waals surface area contributed by atoms with E-state index in [1.807, 2.05) is 24.3 Å². The lowest BCUT2D eigenvalue weighted by Crippen LogP contribution is -2.22. The number of ether oxygens (including phenoxy) is 1. The van der Waals surface area contributed by atoms with Gasteiger partial charge in [0.25, 0.3) is 0 Å². The largest absolute Gasteiger partial charge is 0.497 e. The molecule has 0 saturated carbocycles. The standard InChI is InChI=1S/C12H18O3/c1-9(13)12(14)8-5-10-3-6-11(15-2)7-4-10/h3-4,6-7,9,12-14H,5,8H2,1-2H3. The fraction of sp³-hybridized carbons (Fsp3) is 0.500. The molecule has 0 saturated heterocycles. The highest BCUT2D eigenvalue weighted by Crippen LogP contribution is 2.13. The molecule has 0 amide bonds. The van der Waals surface area contributed by atoms with E-state index in [9.17, 15) is 5.11 Å². The fourth-order valence-corrected chi connectivity index (χ4v) is 1.35. The molecule has 3 heteroatoms. The third kappa shape index (κ3) is 3.90. The average Bonchev–Trinajstić information content (AvgIpc) is 2.26. The van der Waals surface area contributed by atoms with Crippen molar-refractivity contribution in [3.8, 4) is 5.75 Å². The predicted octanol–water partition coefficient (Wildman–Crippen LogP) is 1.37. The van der Waals surface area contributed by atoms with Crippen LogP contribution in [0.5, 0.6) is 5.75 Å². The Hall–Kier alpha value is -1.06. The minimum absolute atomic E-state index is 0.573. The number of rotatable bonds is 5. The Balaban J connectivity index is 2.44. The normalized spacial score (nSPS) is 14.7. The molecule has 84 valence electrons. The number of aryl methyl sites for hydroxylation is 1. The van der Waals surface area contributed by atoms with Gasteiger partial charge in [0.15, 0.2) is 0 Å². The van der Waals surface area contributed by atoms with E-state index in [4.69, 9.17) is 9.84 Å². The van der Waals surface area contributed by atoms with Crippen molar-refractivity contribution in [2.24, 2.45) is 0 Å². The SMILES string of the molecule is COc1ccc(CCC(O)C(C)O)cc1. The Labute approximate surface area is 90.3 Å². The van der Waals surface area contributed by atoms with Gasteiger partial charge in [-0.3, -0.25) is 0 Å². The lowest BCUT2D eigenvalue weighted by Gasteiger charge is -2.13. The molecular formula is C12H18O3. The Morgan fingerprint density at radius 3 is 2.27 bits per heavy atom. The summed E-state index contributed by atoms with van der Waals surface area (Å²) in [6.07, 6.45) is 0.0235. The van der Waals surface area contributed by atoms with Crippen LogP contribution in [0.15, 0.2) is 24.3 Å². The molecule has 0 radical (unpaired) electrons. The van der Waals surface area contributed by atoms with Crippen molar-refractivity contribution < 1.29 is 14.9 Å². The summed E-state index contributed by atoms with van der Waals surface area (Å²) in [5.41, 5.74) is 1.13. The van der Waals surface area contributed by atoms with Gasteiger partial charge in [-0.1, -0.05) is 12.1 Å². The summed E-state index contributed by atoms with van der Waals surface area (Å²) in [5.74, 6) is 0.829. The average molecular weight is 210 g/mol. The maximum Gasteiger partial charge on any atom is 0.118 e. The van der Waals surface area contributed by atoms with Crippen LogP contribution in [0.3, 0.4) is 0 Å². The van der Waals surface area contributed by atoms with E-state index >= 15 is 0 Å². The fourth-order valence-electron chi connectivity index (χ4n) is 1.35. The quantitative estimate of drug-likeness (QED) is 0.771. The minimum Gasteiger partial charge on any atom is -0.497 e. The highest BCUT2D eigenvalue weighted by atomic mass is 16.5. The molecule has 0 aliphatic heterocycles. The molecule has 3 nitrogen and oxygen atoms in total. The van der Waals surface area contributed by atoms with Crippen LogP contribution >= 0.6 is 0 Å². The first-order valence-corrected chi connectivity index (χ1v) is 5.12. The van der Waals surface area contributed by atoms with Crippen molar-refractivity contribution in [2.45, 2.75) is 32.0 Å². The zero-order valence-corrected chi connectivity index (χ0v) is 9.18. The predicted molar refractivity (Wildman–Crippen MR) is 59.0 cm³/mol. The maximum atomic E-state index is 9.41. The molecule has 1 rings (SSSR count). The van der Waals surface area contributed by atoms with Gasteiger partial charge in [0.05, 0.1) is 19.3 Å². The molecule has 15 heavy (non-hydrogen) atoms. The van der Waals surface area contributed by atoms with Crippen LogP contribution in [-0.2, 0) is 6.42 Å². The zero-order valence-electron chi connectivity index (χ0n) is 9.18. The number of benzene rings is 1. The molecular weight excluding hydrogens is 192 g/mol. The molecule has 2 unspecified atom stereocenters. The van der Waals surface area contributed by atoms with Gasteiger partial charge < -0.3 is 14.9 Å². The highest BCUT2D eigenvalue weighted by molar-refractivity contribution is 5.27. The molecule has 0 fully saturated rings. The Morgan fingerprint density at radius 1 is 1.20 bits per heavy atom. The van der Waals surface area contributed by atoms with E-state index in [1.165, 1.54) is 0 Å². The van der Waals surface area contributed by atoms with E-state index in [0.29, 0.717) is 6.42 Å². The van der Waals surface area contributed by atoms with Crippen molar-refractivity contribution >= 4 is 0 Å². The van der Waals surface area contributed by atoms with Crippen molar-refractivity contribution in [1.82, 2.24) is 0 Å². The molecule has 1 aromatic rings. The third-order valence-corrected chi connectivity index (χ3v) is 2.44. The van der Waals surface area contributed by atoms with Gasteiger partial charge in [0.1, 0.15) is 5.75 Å². The summed E-state index contributed by atoms with van der Waals surface area (Å²) in [6, 6.07) is 7.72. The number of aliphatic hydroxyl groups is 2. The molecule has 0 aromatic heterocycles. The van der Waals surface area contributed by atoms with Crippen LogP contribution in [0.1, 0.15) is 18.9 Å². The lowest BCUT2D eigenvalue weighted by atomic mass is 10.0. The third-order valence-electron chi connectivity index (χ3n) is 2.44. The summed E-state index contributed by atoms with van der Waals surface area (Å²) >= 11 is 0. The summed E-state index contributed by atoms with van der Waals surface area (Å²) in [4.78, 5) is 0. The van der Waals surface area contributed by atoms with Crippen molar-refractivity contribution in [1.29, 1.82) is 0 Å². The Bertz CT molecular complexity index is 279. The molecule has 2 atom stereocenters. The maximum absolute atomic E-state index is 9.41. The first-order valence-electron chi connectivity index (χ1n) is 5.12. The van der Waals surface area contributed by atoms with Crippen molar-refractivity contribution in [3.63, 3.8) is 0 Å². The second kappa shape index (κ2) is 5.73. The van der Waals surface area contributed by atoms with E-state index in [2.05, 4.69) is 0 Å². The van der Waals surface area contributed by atoms with Crippen LogP contribution in [0.25, 0.3) is 0 Å². The van der Waals surface area contributed by atoms with Crippen LogP contribution in [-0.4, -0.2) is 29.5 Å². The second-order valence-corrected chi connectivity index (χ2v) is 3.69. The lowest BCUT2D eigenvalue weighted by molar-refractivity contribution is 0.0265. The van der Waals surface area contributed by atoms with E-state index in [-0.39, 0.29) is 0 Å². The summed E-state index contributed by atoms with van der Waals surface area (Å²) in [6.45, 7) is 1.60. The van der Waals surface area contributed by atoms with Gasteiger partial charge in [0.2, 0.25) is 0 Å². The van der Waals surface area contributed by atoms with Crippen molar-refractivity contribution in [3.05, 3.63) is 29.8 Å². The summed E-state index contributed by atoms with van der Waals surface area (Å²) in [7, 11) is 1.63. The Morgan fingerprint density at radius 2 is 1.80 bits per heavy atom. The van der Waals surface area contributed by atoms with Crippen LogP contribution in [0, 0.1) is 0 Å². The van der Waals surface area contributed by atoms with Gasteiger partial charge in [-0.15, -0.1) is 0 Å². The van der Waals surface area contributed by atoms with Gasteiger partial charge >= 0.3 is 0 Å². The number of hydrogen-bond donors (Lipinski definition) is 2. The van der Waals surface area contributed by atoms with Crippen LogP contribution < -0.4 is 4.74 Å². The minimum atomic E-state index is -0.664. The van der Waals surface area contributed by atoms with E-state index in [1.54, 1.807) is 14.0 Å². The van der Waals surface area contributed by atoms with Gasteiger partial charge in [-0.2, -0.15) is 0 Å². The highest BCUT2D eigenvalue weighted by Gasteiger charge is 2.10. The number of hydrogen-bond acceptors (Lipinski definition) is 3. The molecule has 2 N–H and O–H groups in total. The van der Waals surface area contributed by atoms with E-state index < -0.39 is 12.2 Å². The molecule has 0 spiro atoms. The summed E-state index contributed by atoms with van der Waals surface area (Å²) in [5, 5.41) is 18.5. The molecule has 0 aliphatic carbocycles. The second-order valence-electron chi connectivity index (χ2n) is 3.69. The number of methoxy groups -OCH3 is 1. The number of aliphatic hydroxyl groups excluding tert-OH is 2. The van der Waals surface area contributed by atoms with Crippen molar-refractivity contribution in [2.75, 3.05) is 7.11 Å². The first-order chi connectivity index (χ1) is 7.13. The smallest absolute Gasteiger partial charge is 0.118 e. The molecule has 0 heterocycles.